The summed E-state index contributed by atoms with van der Waals surface area (Å²) in [6, 6.07) is 5.54. The molecule has 0 aromatic heterocycles. The number of carboxylic acid groups (broad SMARTS) is 1. The molecule has 1 fully saturated rings. The molecule has 1 aliphatic rings. The van der Waals surface area contributed by atoms with Crippen molar-refractivity contribution >= 4 is 11.8 Å². The molecule has 0 radical (unpaired) electrons. The van der Waals surface area contributed by atoms with Crippen LogP contribution in [0.15, 0.2) is 18.2 Å². The number of ketones is 1. The fourth-order valence-electron chi connectivity index (χ4n) is 7.33. The van der Waals surface area contributed by atoms with Gasteiger partial charge in [-0.1, -0.05) is 89.2 Å². The third kappa shape index (κ3) is 7.02. The van der Waals surface area contributed by atoms with Crippen LogP contribution >= 0.6 is 0 Å². The number of carbonyl (C=O) groups is 2. The van der Waals surface area contributed by atoms with E-state index in [9.17, 15) is 20.2 Å². The van der Waals surface area contributed by atoms with Gasteiger partial charge < -0.3 is 15.4 Å². The number of aromatic hydroxyl groups is 1. The number of piperidine rings is 1. The first-order chi connectivity index (χ1) is 19.9. The van der Waals surface area contributed by atoms with E-state index in [1.165, 1.54) is 5.06 Å². The van der Waals surface area contributed by atoms with E-state index in [2.05, 4.69) is 20.8 Å². The van der Waals surface area contributed by atoms with E-state index < -0.39 is 33.3 Å². The lowest BCUT2D eigenvalue weighted by Crippen LogP contribution is -2.58. The molecule has 3 rings (SSSR count). The lowest BCUT2D eigenvalue weighted by molar-refractivity contribution is -0.245. The second kappa shape index (κ2) is 11.2. The van der Waals surface area contributed by atoms with Gasteiger partial charge in [-0.25, -0.2) is 4.79 Å². The van der Waals surface area contributed by atoms with Gasteiger partial charge >= 0.3 is 5.97 Å². The molecule has 0 bridgehead atoms. The van der Waals surface area contributed by atoms with Crippen LogP contribution in [0.5, 0.6) is 5.75 Å². The number of carboxylic acids is 1. The van der Waals surface area contributed by atoms with Gasteiger partial charge in [-0.15, -0.1) is 0 Å². The van der Waals surface area contributed by atoms with Crippen molar-refractivity contribution in [1.29, 1.82) is 0 Å². The molecule has 1 heterocycles. The minimum absolute atomic E-state index is 0.0278. The van der Waals surface area contributed by atoms with E-state index in [-0.39, 0.29) is 34.0 Å². The van der Waals surface area contributed by atoms with Crippen LogP contribution in [0.4, 0.5) is 0 Å². The number of carbonyl (C=O) groups excluding carboxylic acids is 1. The summed E-state index contributed by atoms with van der Waals surface area (Å²) in [7, 11) is 0. The van der Waals surface area contributed by atoms with Crippen molar-refractivity contribution < 1.29 is 25.0 Å². The second-order valence-corrected chi connectivity index (χ2v) is 18.7. The maximum Gasteiger partial charge on any atom is 0.335 e. The zero-order valence-corrected chi connectivity index (χ0v) is 30.8. The topological polar surface area (TPSA) is 98.1 Å². The quantitative estimate of drug-likeness (QED) is 0.294. The minimum atomic E-state index is -1.03. The maximum absolute atomic E-state index is 15.2. The summed E-state index contributed by atoms with van der Waals surface area (Å²) in [6.45, 7) is 32.3. The van der Waals surface area contributed by atoms with Gasteiger partial charge in [0, 0.05) is 22.2 Å². The van der Waals surface area contributed by atoms with Gasteiger partial charge in [-0.2, -0.15) is 5.06 Å². The number of benzene rings is 2. The van der Waals surface area contributed by atoms with Crippen molar-refractivity contribution in [2.24, 2.45) is 0 Å². The minimum Gasteiger partial charge on any atom is -0.507 e. The summed E-state index contributed by atoms with van der Waals surface area (Å²) in [6.07, 6.45) is 1.02. The smallest absolute Gasteiger partial charge is 0.335 e. The highest BCUT2D eigenvalue weighted by Gasteiger charge is 2.48. The van der Waals surface area contributed by atoms with Crippen molar-refractivity contribution in [3.63, 3.8) is 0 Å². The normalized spacial score (nSPS) is 18.2. The van der Waals surface area contributed by atoms with Crippen LogP contribution in [0, 0.1) is 0 Å². The number of aromatic carboxylic acids is 1. The first-order valence-corrected chi connectivity index (χ1v) is 16.3. The van der Waals surface area contributed by atoms with Gasteiger partial charge in [0.25, 0.3) is 0 Å². The molecule has 250 valence electrons. The second-order valence-electron chi connectivity index (χ2n) is 18.7. The zero-order chi connectivity index (χ0) is 35.0. The predicted octanol–water partition coefficient (Wildman–Crippen LogP) is 9.64. The van der Waals surface area contributed by atoms with E-state index in [0.717, 1.165) is 5.56 Å². The highest BCUT2D eigenvalue weighted by atomic mass is 16.5. The summed E-state index contributed by atoms with van der Waals surface area (Å²) < 4.78 is 0. The Hall–Kier alpha value is -2.70. The Labute approximate surface area is 272 Å². The number of hydroxylamine groups is 2. The first-order valence-electron chi connectivity index (χ1n) is 16.3. The Kier molecular flexibility index (Phi) is 9.17. The molecule has 2 aromatic rings. The number of phenolic OH excluding ortho intramolecular Hbond substituents is 1. The van der Waals surface area contributed by atoms with Gasteiger partial charge in [0.1, 0.15) is 5.75 Å². The molecular weight excluding hydrogens is 562 g/mol. The monoisotopic (exact) mass is 621 g/mol. The van der Waals surface area contributed by atoms with Crippen molar-refractivity contribution in [2.45, 2.75) is 162 Å². The molecule has 1 aliphatic heterocycles. The van der Waals surface area contributed by atoms with Gasteiger partial charge in [0.2, 0.25) is 0 Å². The Morgan fingerprint density at radius 3 is 1.56 bits per heavy atom. The third-order valence-corrected chi connectivity index (χ3v) is 9.46. The molecular formula is C39H59NO5. The SMILES string of the molecule is CC(C)(C)c1cc(C(=O)c2c(C(C)(C)C)cc(C(=O)O)c(C3CC(C)(C)N(O)C(C)(C)C3)c2C(C)(C)C)c(O)c(C(C)(C)C)c1. The van der Waals surface area contributed by atoms with Crippen molar-refractivity contribution in [3.8, 4) is 5.75 Å². The number of hydrogen-bond acceptors (Lipinski definition) is 5. The molecule has 0 unspecified atom stereocenters. The molecule has 2 aromatic carbocycles. The molecule has 0 amide bonds. The zero-order valence-electron chi connectivity index (χ0n) is 30.8. The molecule has 0 aliphatic carbocycles. The fourth-order valence-corrected chi connectivity index (χ4v) is 7.33. The van der Waals surface area contributed by atoms with E-state index in [1.807, 2.05) is 102 Å². The van der Waals surface area contributed by atoms with Crippen LogP contribution in [0.25, 0.3) is 0 Å². The van der Waals surface area contributed by atoms with Crippen LogP contribution in [0.3, 0.4) is 0 Å². The van der Waals surface area contributed by atoms with Gasteiger partial charge in [0.15, 0.2) is 5.78 Å². The molecule has 0 spiro atoms. The van der Waals surface area contributed by atoms with Crippen LogP contribution in [-0.2, 0) is 21.7 Å². The standard InChI is InChI=1S/C39H59NO5/c1-34(2,3)23-17-25(31(41)27(18-23)36(7,8)9)32(42)29-26(35(4,5)6)19-24(33(43)44)28(30(29)37(10,11)12)22-20-38(13,14)40(45)39(15,16)21-22/h17-19,22,41,45H,20-21H2,1-16H3,(H,43,44). The van der Waals surface area contributed by atoms with E-state index in [0.29, 0.717) is 40.7 Å². The van der Waals surface area contributed by atoms with Crippen LogP contribution < -0.4 is 0 Å². The lowest BCUT2D eigenvalue weighted by atomic mass is 9.64. The average Bonchev–Trinajstić information content (AvgIpc) is 2.82. The summed E-state index contributed by atoms with van der Waals surface area (Å²) in [5.74, 6) is -1.59. The number of phenols is 1. The molecule has 6 heteroatoms. The predicted molar refractivity (Wildman–Crippen MR) is 183 cm³/mol. The van der Waals surface area contributed by atoms with E-state index in [4.69, 9.17) is 0 Å². The largest absolute Gasteiger partial charge is 0.507 e. The Balaban J connectivity index is 2.62. The fraction of sp³-hybridized carbons (Fsp3) is 0.641. The van der Waals surface area contributed by atoms with Crippen molar-refractivity contribution in [2.75, 3.05) is 0 Å². The summed E-state index contributed by atoms with van der Waals surface area (Å²) in [5.41, 5.74) is 1.40. The Morgan fingerprint density at radius 1 is 0.711 bits per heavy atom. The van der Waals surface area contributed by atoms with Crippen LogP contribution in [0.2, 0.25) is 0 Å². The van der Waals surface area contributed by atoms with Crippen LogP contribution in [0.1, 0.15) is 184 Å². The first kappa shape index (κ1) is 36.8. The third-order valence-electron chi connectivity index (χ3n) is 9.46. The van der Waals surface area contributed by atoms with Crippen molar-refractivity contribution in [1.82, 2.24) is 5.06 Å². The molecule has 6 nitrogen and oxygen atoms in total. The van der Waals surface area contributed by atoms with Crippen molar-refractivity contribution in [3.05, 3.63) is 62.7 Å². The lowest BCUT2D eigenvalue weighted by Gasteiger charge is -2.52. The highest BCUT2D eigenvalue weighted by Crippen LogP contribution is 2.51. The number of hydrogen-bond donors (Lipinski definition) is 3. The van der Waals surface area contributed by atoms with E-state index in [1.54, 1.807) is 6.07 Å². The molecule has 0 saturated carbocycles. The Morgan fingerprint density at radius 2 is 1.18 bits per heavy atom. The summed E-state index contributed by atoms with van der Waals surface area (Å²) in [5, 5.41) is 35.1. The maximum atomic E-state index is 15.2. The molecule has 0 atom stereocenters. The number of rotatable bonds is 4. The average molecular weight is 622 g/mol. The Bertz CT molecular complexity index is 1480. The summed E-state index contributed by atoms with van der Waals surface area (Å²) >= 11 is 0. The van der Waals surface area contributed by atoms with E-state index >= 15 is 4.79 Å². The van der Waals surface area contributed by atoms with Crippen LogP contribution in [-0.4, -0.2) is 43.3 Å². The van der Waals surface area contributed by atoms with Gasteiger partial charge in [0.05, 0.1) is 11.1 Å². The number of nitrogens with zero attached hydrogens (tertiary/aromatic N) is 1. The van der Waals surface area contributed by atoms with Gasteiger partial charge in [-0.05, 0) is 103 Å². The highest BCUT2D eigenvalue weighted by molar-refractivity contribution is 6.14. The van der Waals surface area contributed by atoms with Gasteiger partial charge in [-0.3, -0.25) is 4.79 Å². The molecule has 1 saturated heterocycles. The molecule has 45 heavy (non-hydrogen) atoms. The summed E-state index contributed by atoms with van der Waals surface area (Å²) in [4.78, 5) is 28.4. The molecule has 3 N–H and O–H groups in total.